The Bertz CT molecular complexity index is 328. The maximum Gasteiger partial charge on any atom is 0.191 e. The number of rotatable bonds is 7. The molecule has 0 aromatic heterocycles. The second-order valence-corrected chi connectivity index (χ2v) is 6.21. The summed E-state index contributed by atoms with van der Waals surface area (Å²) >= 11 is 0. The molecular weight excluding hydrogens is 242 g/mol. The quantitative estimate of drug-likeness (QED) is 0.484. The third-order valence-corrected chi connectivity index (χ3v) is 3.87. The van der Waals surface area contributed by atoms with E-state index in [9.17, 15) is 8.42 Å². The average molecular weight is 265 g/mol. The molecule has 0 bridgehead atoms. The number of hydrogen-bond donors (Lipinski definition) is 2. The number of guanidine groups is 1. The molecule has 0 aromatic rings. The van der Waals surface area contributed by atoms with Gasteiger partial charge in [-0.3, -0.25) is 4.99 Å². The van der Waals surface area contributed by atoms with Crippen molar-refractivity contribution in [3.63, 3.8) is 0 Å². The minimum Gasteiger partial charge on any atom is -0.383 e. The van der Waals surface area contributed by atoms with Gasteiger partial charge in [-0.05, 0) is 6.92 Å². The van der Waals surface area contributed by atoms with Gasteiger partial charge in [-0.15, -0.1) is 0 Å². The van der Waals surface area contributed by atoms with Crippen molar-refractivity contribution >= 4 is 15.8 Å². The fourth-order valence-corrected chi connectivity index (χ4v) is 1.89. The lowest BCUT2D eigenvalue weighted by atomic mass is 10.4. The van der Waals surface area contributed by atoms with Gasteiger partial charge in [0.15, 0.2) is 15.8 Å². The highest BCUT2D eigenvalue weighted by atomic mass is 32.2. The molecule has 2 N–H and O–H groups in total. The van der Waals surface area contributed by atoms with Gasteiger partial charge in [0.2, 0.25) is 0 Å². The lowest BCUT2D eigenvalue weighted by molar-refractivity contribution is 0.179. The van der Waals surface area contributed by atoms with Crippen molar-refractivity contribution in [2.45, 2.75) is 19.9 Å². The van der Waals surface area contributed by atoms with E-state index in [4.69, 9.17) is 4.74 Å². The number of ether oxygens (including phenoxy) is 1. The smallest absolute Gasteiger partial charge is 0.191 e. The van der Waals surface area contributed by atoms with Crippen LogP contribution in [0.1, 0.15) is 13.8 Å². The van der Waals surface area contributed by atoms with Crippen molar-refractivity contribution in [3.05, 3.63) is 0 Å². The molecule has 0 amide bonds. The van der Waals surface area contributed by atoms with Crippen LogP contribution in [0.4, 0.5) is 0 Å². The predicted molar refractivity (Wildman–Crippen MR) is 70.2 cm³/mol. The Morgan fingerprint density at radius 1 is 1.47 bits per heavy atom. The van der Waals surface area contributed by atoms with Crippen LogP contribution in [-0.4, -0.2) is 59.2 Å². The van der Waals surface area contributed by atoms with Crippen molar-refractivity contribution < 1.29 is 13.2 Å². The Morgan fingerprint density at radius 2 is 2.12 bits per heavy atom. The van der Waals surface area contributed by atoms with Gasteiger partial charge in [-0.1, -0.05) is 6.92 Å². The zero-order chi connectivity index (χ0) is 13.3. The molecular formula is C10H23N3O3S. The molecule has 1 atom stereocenters. The first-order valence-electron chi connectivity index (χ1n) is 5.61. The van der Waals surface area contributed by atoms with Crippen molar-refractivity contribution in [2.75, 3.05) is 38.8 Å². The van der Waals surface area contributed by atoms with Crippen LogP contribution in [0.15, 0.2) is 4.99 Å². The Kier molecular flexibility index (Phi) is 7.90. The zero-order valence-corrected chi connectivity index (χ0v) is 11.8. The Balaban J connectivity index is 4.00. The highest BCUT2D eigenvalue weighted by Gasteiger charge is 2.08. The van der Waals surface area contributed by atoms with E-state index < -0.39 is 9.84 Å². The van der Waals surface area contributed by atoms with Crippen molar-refractivity contribution in [2.24, 2.45) is 4.99 Å². The molecule has 0 heterocycles. The largest absolute Gasteiger partial charge is 0.383 e. The average Bonchev–Trinajstić information content (AvgIpc) is 2.28. The van der Waals surface area contributed by atoms with Gasteiger partial charge >= 0.3 is 0 Å². The fraction of sp³-hybridized carbons (Fsp3) is 0.900. The summed E-state index contributed by atoms with van der Waals surface area (Å²) in [6.45, 7) is 4.52. The maximum atomic E-state index is 11.3. The molecule has 17 heavy (non-hydrogen) atoms. The summed E-state index contributed by atoms with van der Waals surface area (Å²) < 4.78 is 27.5. The minimum atomic E-state index is -2.93. The number of nitrogens with zero attached hydrogens (tertiary/aromatic N) is 1. The SMILES string of the molecule is CCS(=O)(=O)CCNC(=NC)NC(C)COC. The van der Waals surface area contributed by atoms with E-state index in [1.165, 1.54) is 0 Å². The Morgan fingerprint density at radius 3 is 2.59 bits per heavy atom. The van der Waals surface area contributed by atoms with E-state index in [2.05, 4.69) is 15.6 Å². The van der Waals surface area contributed by atoms with Gasteiger partial charge in [0.1, 0.15) is 0 Å². The van der Waals surface area contributed by atoms with Crippen LogP contribution in [-0.2, 0) is 14.6 Å². The number of nitrogens with one attached hydrogen (secondary N) is 2. The molecule has 0 fully saturated rings. The first kappa shape index (κ1) is 16.2. The normalized spacial score (nSPS) is 14.5. The lowest BCUT2D eigenvalue weighted by Crippen LogP contribution is -2.45. The first-order valence-corrected chi connectivity index (χ1v) is 7.43. The minimum absolute atomic E-state index is 0.114. The summed E-state index contributed by atoms with van der Waals surface area (Å²) in [6.07, 6.45) is 0. The number of methoxy groups -OCH3 is 1. The highest BCUT2D eigenvalue weighted by Crippen LogP contribution is 1.87. The van der Waals surface area contributed by atoms with E-state index >= 15 is 0 Å². The van der Waals surface area contributed by atoms with E-state index in [0.717, 1.165) is 0 Å². The molecule has 0 aliphatic heterocycles. The molecule has 0 saturated heterocycles. The summed E-state index contributed by atoms with van der Waals surface area (Å²) in [5.41, 5.74) is 0. The molecule has 102 valence electrons. The van der Waals surface area contributed by atoms with Gasteiger partial charge in [-0.25, -0.2) is 8.42 Å². The van der Waals surface area contributed by atoms with Crippen molar-refractivity contribution in [1.82, 2.24) is 10.6 Å². The maximum absolute atomic E-state index is 11.3. The Labute approximate surface area is 104 Å². The van der Waals surface area contributed by atoms with Crippen molar-refractivity contribution in [3.8, 4) is 0 Å². The lowest BCUT2D eigenvalue weighted by Gasteiger charge is -2.17. The molecule has 0 radical (unpaired) electrons. The van der Waals surface area contributed by atoms with Crippen LogP contribution < -0.4 is 10.6 Å². The molecule has 6 nitrogen and oxygen atoms in total. The molecule has 0 rings (SSSR count). The predicted octanol–water partition coefficient (Wildman–Crippen LogP) is -0.379. The van der Waals surface area contributed by atoms with E-state index in [1.807, 2.05) is 6.92 Å². The van der Waals surface area contributed by atoms with Crippen molar-refractivity contribution in [1.29, 1.82) is 0 Å². The number of hydrogen-bond acceptors (Lipinski definition) is 4. The van der Waals surface area contributed by atoms with E-state index in [1.54, 1.807) is 21.1 Å². The van der Waals surface area contributed by atoms with E-state index in [-0.39, 0.29) is 17.5 Å². The summed E-state index contributed by atoms with van der Waals surface area (Å²) in [6, 6.07) is 0.119. The standard InChI is InChI=1S/C10H23N3O3S/c1-5-17(14,15)7-6-12-10(11-3)13-9(2)8-16-4/h9H,5-8H2,1-4H3,(H2,11,12,13). The Hall–Kier alpha value is -0.820. The molecule has 0 aliphatic rings. The molecule has 0 saturated carbocycles. The van der Waals surface area contributed by atoms with Crippen LogP contribution in [0, 0.1) is 0 Å². The second kappa shape index (κ2) is 8.30. The monoisotopic (exact) mass is 265 g/mol. The topological polar surface area (TPSA) is 79.8 Å². The fourth-order valence-electron chi connectivity index (χ4n) is 1.19. The van der Waals surface area contributed by atoms with Crippen LogP contribution >= 0.6 is 0 Å². The number of aliphatic imine (C=N–C) groups is 1. The molecule has 7 heteroatoms. The van der Waals surface area contributed by atoms with E-state index in [0.29, 0.717) is 19.1 Å². The van der Waals surface area contributed by atoms with Gasteiger partial charge in [0, 0.05) is 32.5 Å². The number of sulfone groups is 1. The third kappa shape index (κ3) is 7.98. The molecule has 0 aliphatic carbocycles. The molecule has 0 aromatic carbocycles. The first-order chi connectivity index (χ1) is 7.95. The highest BCUT2D eigenvalue weighted by molar-refractivity contribution is 7.91. The summed E-state index contributed by atoms with van der Waals surface area (Å²) in [7, 11) is 0.337. The van der Waals surface area contributed by atoms with Gasteiger partial charge in [0.05, 0.1) is 12.4 Å². The van der Waals surface area contributed by atoms with Crippen LogP contribution in [0.3, 0.4) is 0 Å². The second-order valence-electron chi connectivity index (χ2n) is 3.74. The van der Waals surface area contributed by atoms with Gasteiger partial charge < -0.3 is 15.4 Å². The van der Waals surface area contributed by atoms with Crippen LogP contribution in [0.5, 0.6) is 0 Å². The molecule has 0 spiro atoms. The van der Waals surface area contributed by atoms with Gasteiger partial charge in [-0.2, -0.15) is 0 Å². The van der Waals surface area contributed by atoms with Gasteiger partial charge in [0.25, 0.3) is 0 Å². The van der Waals surface area contributed by atoms with Crippen LogP contribution in [0.2, 0.25) is 0 Å². The summed E-state index contributed by atoms with van der Waals surface area (Å²) in [5.74, 6) is 0.866. The molecule has 1 unspecified atom stereocenters. The summed E-state index contributed by atoms with van der Waals surface area (Å²) in [5, 5.41) is 6.04. The summed E-state index contributed by atoms with van der Waals surface area (Å²) in [4.78, 5) is 4.00. The van der Waals surface area contributed by atoms with Crippen LogP contribution in [0.25, 0.3) is 0 Å². The zero-order valence-electron chi connectivity index (χ0n) is 11.0. The third-order valence-electron chi connectivity index (χ3n) is 2.17.